The van der Waals surface area contributed by atoms with E-state index in [0.29, 0.717) is 11.8 Å². The topological polar surface area (TPSA) is 46.6 Å². The van der Waals surface area contributed by atoms with Gasteiger partial charge in [-0.3, -0.25) is 4.18 Å². The summed E-state index contributed by atoms with van der Waals surface area (Å²) >= 11 is 0. The Morgan fingerprint density at radius 1 is 1.21 bits per heavy atom. The third-order valence-electron chi connectivity index (χ3n) is 3.20. The molecule has 0 radical (unpaired) electrons. The molecule has 2 rings (SSSR count). The van der Waals surface area contributed by atoms with Crippen molar-refractivity contribution < 1.29 is 12.6 Å². The molecular formula is C9H17NO3S. The van der Waals surface area contributed by atoms with Gasteiger partial charge in [0.15, 0.2) is 0 Å². The monoisotopic (exact) mass is 219 g/mol. The zero-order valence-corrected chi connectivity index (χ0v) is 9.46. The standard InChI is InChI=1S/C9H17NO3S/c1-10-5-7-3-9(4-8(7)6-10)13-14(2,11)12/h7-9H,3-6H2,1-2H3/t7-,8+,9?. The molecule has 82 valence electrons. The first kappa shape index (κ1) is 10.4. The van der Waals surface area contributed by atoms with Gasteiger partial charge >= 0.3 is 0 Å². The lowest BCUT2D eigenvalue weighted by Crippen LogP contribution is -2.20. The smallest absolute Gasteiger partial charge is 0.264 e. The molecule has 1 unspecified atom stereocenters. The summed E-state index contributed by atoms with van der Waals surface area (Å²) in [5, 5.41) is 0. The van der Waals surface area contributed by atoms with Crippen molar-refractivity contribution in [1.29, 1.82) is 0 Å². The van der Waals surface area contributed by atoms with Gasteiger partial charge in [-0.15, -0.1) is 0 Å². The van der Waals surface area contributed by atoms with Crippen molar-refractivity contribution in [3.8, 4) is 0 Å². The molecule has 0 amide bonds. The zero-order chi connectivity index (χ0) is 10.3. The fraction of sp³-hybridized carbons (Fsp3) is 1.00. The summed E-state index contributed by atoms with van der Waals surface area (Å²) in [6.07, 6.45) is 2.88. The predicted molar refractivity (Wildman–Crippen MR) is 53.4 cm³/mol. The van der Waals surface area contributed by atoms with E-state index in [9.17, 15) is 8.42 Å². The van der Waals surface area contributed by atoms with Gasteiger partial charge in [-0.05, 0) is 31.7 Å². The molecular weight excluding hydrogens is 202 g/mol. The molecule has 1 aliphatic heterocycles. The molecule has 2 fully saturated rings. The maximum Gasteiger partial charge on any atom is 0.264 e. The molecule has 0 aromatic heterocycles. The van der Waals surface area contributed by atoms with Crippen LogP contribution in [0.2, 0.25) is 0 Å². The van der Waals surface area contributed by atoms with E-state index in [1.165, 1.54) is 0 Å². The summed E-state index contributed by atoms with van der Waals surface area (Å²) in [5.74, 6) is 1.29. The molecule has 5 heteroatoms. The second-order valence-electron chi connectivity index (χ2n) is 4.64. The van der Waals surface area contributed by atoms with Crippen LogP contribution < -0.4 is 0 Å². The van der Waals surface area contributed by atoms with Crippen LogP contribution in [0.3, 0.4) is 0 Å². The van der Waals surface area contributed by atoms with Crippen LogP contribution in [0, 0.1) is 11.8 Å². The van der Waals surface area contributed by atoms with Gasteiger partial charge in [0.2, 0.25) is 0 Å². The summed E-state index contributed by atoms with van der Waals surface area (Å²) < 4.78 is 26.9. The van der Waals surface area contributed by atoms with Crippen LogP contribution in [-0.4, -0.2) is 45.8 Å². The first-order chi connectivity index (χ1) is 6.44. The summed E-state index contributed by atoms with van der Waals surface area (Å²) in [4.78, 5) is 2.31. The van der Waals surface area contributed by atoms with Crippen molar-refractivity contribution in [2.45, 2.75) is 18.9 Å². The highest BCUT2D eigenvalue weighted by atomic mass is 32.2. The average molecular weight is 219 g/mol. The Labute approximate surface area is 85.4 Å². The second-order valence-corrected chi connectivity index (χ2v) is 6.24. The molecule has 14 heavy (non-hydrogen) atoms. The quantitative estimate of drug-likeness (QED) is 0.627. The van der Waals surface area contributed by atoms with Crippen LogP contribution in [-0.2, 0) is 14.3 Å². The normalized spacial score (nSPS) is 38.9. The lowest BCUT2D eigenvalue weighted by Gasteiger charge is -2.13. The van der Waals surface area contributed by atoms with Gasteiger partial charge in [0.25, 0.3) is 10.1 Å². The van der Waals surface area contributed by atoms with Gasteiger partial charge in [-0.1, -0.05) is 0 Å². The molecule has 0 aromatic carbocycles. The molecule has 0 N–H and O–H groups in total. The van der Waals surface area contributed by atoms with Crippen molar-refractivity contribution in [2.75, 3.05) is 26.4 Å². The number of nitrogens with zero attached hydrogens (tertiary/aromatic N) is 1. The van der Waals surface area contributed by atoms with Crippen molar-refractivity contribution in [2.24, 2.45) is 11.8 Å². The summed E-state index contributed by atoms with van der Waals surface area (Å²) in [7, 11) is -1.15. The average Bonchev–Trinajstić information content (AvgIpc) is 2.39. The molecule has 0 spiro atoms. The van der Waals surface area contributed by atoms with E-state index in [0.717, 1.165) is 32.2 Å². The minimum Gasteiger partial charge on any atom is -0.306 e. The van der Waals surface area contributed by atoms with E-state index < -0.39 is 10.1 Å². The Bertz CT molecular complexity index is 300. The molecule has 0 bridgehead atoms. The maximum atomic E-state index is 10.9. The summed E-state index contributed by atoms with van der Waals surface area (Å²) in [5.41, 5.74) is 0. The number of hydrogen-bond donors (Lipinski definition) is 0. The highest BCUT2D eigenvalue weighted by molar-refractivity contribution is 7.86. The van der Waals surface area contributed by atoms with E-state index in [1.807, 2.05) is 0 Å². The molecule has 1 saturated carbocycles. The molecule has 1 aliphatic carbocycles. The first-order valence-electron chi connectivity index (χ1n) is 5.01. The molecule has 3 atom stereocenters. The predicted octanol–water partition coefficient (Wildman–Crippen LogP) is 0.303. The van der Waals surface area contributed by atoms with Crippen LogP contribution in [0.5, 0.6) is 0 Å². The summed E-state index contributed by atoms with van der Waals surface area (Å²) in [6.45, 7) is 2.18. The van der Waals surface area contributed by atoms with Gasteiger partial charge in [0.1, 0.15) is 0 Å². The number of likely N-dealkylation sites (tertiary alicyclic amines) is 1. The number of hydrogen-bond acceptors (Lipinski definition) is 4. The van der Waals surface area contributed by atoms with E-state index in [4.69, 9.17) is 4.18 Å². The maximum absolute atomic E-state index is 10.9. The Morgan fingerprint density at radius 2 is 1.71 bits per heavy atom. The third-order valence-corrected chi connectivity index (χ3v) is 3.82. The van der Waals surface area contributed by atoms with Gasteiger partial charge in [0, 0.05) is 13.1 Å². The number of fused-ring (bicyclic) bond motifs is 1. The Hall–Kier alpha value is -0.130. The van der Waals surface area contributed by atoms with E-state index in [-0.39, 0.29) is 6.10 Å². The van der Waals surface area contributed by atoms with Crippen LogP contribution >= 0.6 is 0 Å². The summed E-state index contributed by atoms with van der Waals surface area (Å²) in [6, 6.07) is 0. The molecule has 0 aromatic rings. The van der Waals surface area contributed by atoms with Crippen molar-refractivity contribution in [3.05, 3.63) is 0 Å². The van der Waals surface area contributed by atoms with Gasteiger partial charge in [-0.2, -0.15) is 8.42 Å². The van der Waals surface area contributed by atoms with E-state index >= 15 is 0 Å². The lowest BCUT2D eigenvalue weighted by atomic mass is 10.0. The van der Waals surface area contributed by atoms with E-state index in [2.05, 4.69) is 11.9 Å². The van der Waals surface area contributed by atoms with Gasteiger partial charge in [0.05, 0.1) is 12.4 Å². The van der Waals surface area contributed by atoms with E-state index in [1.54, 1.807) is 0 Å². The SMILES string of the molecule is CN1C[C@H]2CC(OS(C)(=O)=O)C[C@H]2C1. The molecule has 4 nitrogen and oxygen atoms in total. The first-order valence-corrected chi connectivity index (χ1v) is 6.82. The zero-order valence-electron chi connectivity index (χ0n) is 8.64. The lowest BCUT2D eigenvalue weighted by molar-refractivity contribution is 0.199. The fourth-order valence-electron chi connectivity index (χ4n) is 2.80. The molecule has 2 aliphatic rings. The molecule has 1 heterocycles. The Morgan fingerprint density at radius 3 is 2.14 bits per heavy atom. The largest absolute Gasteiger partial charge is 0.306 e. The second kappa shape index (κ2) is 3.47. The van der Waals surface area contributed by atoms with Crippen molar-refractivity contribution >= 4 is 10.1 Å². The van der Waals surface area contributed by atoms with Gasteiger partial charge in [-0.25, -0.2) is 0 Å². The van der Waals surface area contributed by atoms with Crippen LogP contribution in [0.4, 0.5) is 0 Å². The Balaban J connectivity index is 1.92. The third kappa shape index (κ3) is 2.27. The van der Waals surface area contributed by atoms with Crippen LogP contribution in [0.15, 0.2) is 0 Å². The van der Waals surface area contributed by atoms with Crippen molar-refractivity contribution in [3.63, 3.8) is 0 Å². The number of rotatable bonds is 2. The Kier molecular flexibility index (Phi) is 2.57. The highest BCUT2D eigenvalue weighted by Gasteiger charge is 2.41. The van der Waals surface area contributed by atoms with Crippen molar-refractivity contribution in [1.82, 2.24) is 4.90 Å². The minimum atomic E-state index is -3.27. The fourth-order valence-corrected chi connectivity index (χ4v) is 3.46. The minimum absolute atomic E-state index is 0.0614. The van der Waals surface area contributed by atoms with Gasteiger partial charge < -0.3 is 4.90 Å². The highest BCUT2D eigenvalue weighted by Crippen LogP contribution is 2.39. The molecule has 1 saturated heterocycles. The van der Waals surface area contributed by atoms with Crippen LogP contribution in [0.1, 0.15) is 12.8 Å². The van der Waals surface area contributed by atoms with Crippen LogP contribution in [0.25, 0.3) is 0 Å².